The van der Waals surface area contributed by atoms with Crippen molar-refractivity contribution in [2.45, 2.75) is 19.4 Å². The van der Waals surface area contributed by atoms with Crippen molar-refractivity contribution in [3.8, 4) is 6.07 Å². The van der Waals surface area contributed by atoms with E-state index in [1.54, 1.807) is 11.0 Å². The van der Waals surface area contributed by atoms with Crippen LogP contribution in [-0.4, -0.2) is 64.6 Å². The second-order valence-corrected chi connectivity index (χ2v) is 5.12. The maximum atomic E-state index is 12.3. The Morgan fingerprint density at radius 1 is 1.55 bits per heavy atom. The lowest BCUT2D eigenvalue weighted by Gasteiger charge is -2.21. The summed E-state index contributed by atoms with van der Waals surface area (Å²) in [6.45, 7) is 5.33. The average molecular weight is 276 g/mol. The number of hydrogen-bond donors (Lipinski definition) is 2. The molecule has 0 unspecified atom stereocenters. The molecule has 6 nitrogen and oxygen atoms in total. The third kappa shape index (κ3) is 3.38. The maximum Gasteiger partial charge on any atom is 0.270 e. The minimum Gasteiger partial charge on any atom is -0.390 e. The fraction of sp³-hybridized carbons (Fsp3) is 0.571. The Bertz CT molecular complexity index is 506. The molecule has 0 aliphatic carbocycles. The van der Waals surface area contributed by atoms with Gasteiger partial charge in [-0.05, 0) is 19.0 Å². The molecule has 108 valence electrons. The van der Waals surface area contributed by atoms with E-state index >= 15 is 0 Å². The number of hydrogen-bond acceptors (Lipinski definition) is 4. The molecular weight excluding hydrogens is 256 g/mol. The van der Waals surface area contributed by atoms with Crippen LogP contribution < -0.4 is 0 Å². The molecule has 1 aromatic heterocycles. The van der Waals surface area contributed by atoms with Gasteiger partial charge in [-0.1, -0.05) is 6.92 Å². The number of aliphatic hydroxyl groups excluding tert-OH is 1. The molecule has 0 radical (unpaired) electrons. The van der Waals surface area contributed by atoms with E-state index in [9.17, 15) is 9.90 Å². The first-order valence-electron chi connectivity index (χ1n) is 6.92. The second-order valence-electron chi connectivity index (χ2n) is 5.12. The number of rotatable bonds is 3. The average Bonchev–Trinajstić information content (AvgIpc) is 2.83. The number of aromatic amines is 1. The molecule has 0 spiro atoms. The van der Waals surface area contributed by atoms with Gasteiger partial charge in [-0.2, -0.15) is 5.26 Å². The summed E-state index contributed by atoms with van der Waals surface area (Å²) in [6, 6.07) is 3.54. The molecule has 0 aromatic carbocycles. The van der Waals surface area contributed by atoms with E-state index in [0.29, 0.717) is 30.9 Å². The molecule has 0 bridgehead atoms. The minimum atomic E-state index is -0.529. The molecule has 0 saturated carbocycles. The Kier molecular flexibility index (Phi) is 4.77. The summed E-state index contributed by atoms with van der Waals surface area (Å²) in [5, 5.41) is 18.8. The van der Waals surface area contributed by atoms with E-state index in [1.807, 2.05) is 6.07 Å². The second kappa shape index (κ2) is 6.55. The molecule has 20 heavy (non-hydrogen) atoms. The van der Waals surface area contributed by atoms with Crippen LogP contribution in [0.4, 0.5) is 0 Å². The Morgan fingerprint density at radius 2 is 2.35 bits per heavy atom. The van der Waals surface area contributed by atoms with Crippen molar-refractivity contribution < 1.29 is 9.90 Å². The van der Waals surface area contributed by atoms with E-state index in [4.69, 9.17) is 5.26 Å². The Balaban J connectivity index is 2.04. The number of carbonyl (C=O) groups excluding carboxylic acids is 1. The van der Waals surface area contributed by atoms with E-state index in [0.717, 1.165) is 19.5 Å². The van der Waals surface area contributed by atoms with Gasteiger partial charge in [0, 0.05) is 32.4 Å². The highest BCUT2D eigenvalue weighted by Gasteiger charge is 2.25. The van der Waals surface area contributed by atoms with Gasteiger partial charge in [0.15, 0.2) is 0 Å². The van der Waals surface area contributed by atoms with Crippen LogP contribution in [0.2, 0.25) is 0 Å². The van der Waals surface area contributed by atoms with Gasteiger partial charge < -0.3 is 15.0 Å². The first-order chi connectivity index (χ1) is 9.63. The van der Waals surface area contributed by atoms with Crippen molar-refractivity contribution in [3.05, 3.63) is 23.5 Å². The molecule has 1 aliphatic heterocycles. The number of β-amino-alcohol motifs (C(OH)–C–C–N with tert-alkyl or cyclic N) is 1. The van der Waals surface area contributed by atoms with Crippen molar-refractivity contribution in [1.82, 2.24) is 14.8 Å². The number of nitrogens with zero attached hydrogens (tertiary/aromatic N) is 3. The van der Waals surface area contributed by atoms with Crippen LogP contribution in [-0.2, 0) is 0 Å². The molecule has 2 rings (SSSR count). The summed E-state index contributed by atoms with van der Waals surface area (Å²) >= 11 is 0. The predicted octanol–water partition coefficient (Wildman–Crippen LogP) is 0.415. The predicted molar refractivity (Wildman–Crippen MR) is 74.1 cm³/mol. The van der Waals surface area contributed by atoms with Crippen LogP contribution >= 0.6 is 0 Å². The van der Waals surface area contributed by atoms with Gasteiger partial charge in [0.05, 0.1) is 11.7 Å². The molecule has 1 aliphatic rings. The van der Waals surface area contributed by atoms with Crippen molar-refractivity contribution in [1.29, 1.82) is 5.26 Å². The molecular formula is C14H20N4O2. The number of aliphatic hydroxyl groups is 1. The third-order valence-electron chi connectivity index (χ3n) is 3.46. The van der Waals surface area contributed by atoms with Crippen LogP contribution in [0.1, 0.15) is 29.4 Å². The molecule has 6 heteroatoms. The highest BCUT2D eigenvalue weighted by atomic mass is 16.3. The van der Waals surface area contributed by atoms with Crippen molar-refractivity contribution in [2.75, 3.05) is 32.7 Å². The molecule has 1 amide bonds. The largest absolute Gasteiger partial charge is 0.390 e. The normalized spacial score (nSPS) is 20.4. The van der Waals surface area contributed by atoms with E-state index in [1.165, 1.54) is 6.20 Å². The third-order valence-corrected chi connectivity index (χ3v) is 3.46. The number of H-pyrrole nitrogens is 1. The molecule has 2 N–H and O–H groups in total. The number of nitriles is 1. The van der Waals surface area contributed by atoms with Crippen molar-refractivity contribution in [3.63, 3.8) is 0 Å². The van der Waals surface area contributed by atoms with Crippen LogP contribution in [0.3, 0.4) is 0 Å². The summed E-state index contributed by atoms with van der Waals surface area (Å²) in [4.78, 5) is 19.0. The number of carbonyl (C=O) groups is 1. The first kappa shape index (κ1) is 14.6. The first-order valence-corrected chi connectivity index (χ1v) is 6.92. The quantitative estimate of drug-likeness (QED) is 0.838. The summed E-state index contributed by atoms with van der Waals surface area (Å²) in [5.74, 6) is -0.163. The summed E-state index contributed by atoms with van der Waals surface area (Å²) in [7, 11) is 0. The smallest absolute Gasteiger partial charge is 0.270 e. The zero-order valence-electron chi connectivity index (χ0n) is 11.7. The molecule has 1 fully saturated rings. The minimum absolute atomic E-state index is 0.163. The van der Waals surface area contributed by atoms with Gasteiger partial charge in [0.2, 0.25) is 0 Å². The van der Waals surface area contributed by atoms with E-state index < -0.39 is 6.10 Å². The van der Waals surface area contributed by atoms with Crippen molar-refractivity contribution in [2.24, 2.45) is 0 Å². The highest BCUT2D eigenvalue weighted by Crippen LogP contribution is 2.10. The van der Waals surface area contributed by atoms with Gasteiger partial charge in [0.25, 0.3) is 5.91 Å². The standard InChI is InChI=1S/C14H20N4O2/c1-2-3-17-4-5-18(10-12(19)9-17)14(20)13-6-11(7-15)8-16-13/h6,8,12,16,19H,2-5,9-10H2,1H3/t12-/m0/s1. The SMILES string of the molecule is CCCN1CCN(C(=O)c2cc(C#N)c[nH]2)C[C@@H](O)C1. The van der Waals surface area contributed by atoms with Gasteiger partial charge in [-0.3, -0.25) is 9.69 Å². The van der Waals surface area contributed by atoms with Gasteiger partial charge in [-0.15, -0.1) is 0 Å². The molecule has 1 atom stereocenters. The lowest BCUT2D eigenvalue weighted by molar-refractivity contribution is 0.0659. The number of nitrogens with one attached hydrogen (secondary N) is 1. The van der Waals surface area contributed by atoms with Crippen LogP contribution in [0, 0.1) is 11.3 Å². The Labute approximate surface area is 118 Å². The van der Waals surface area contributed by atoms with E-state index in [2.05, 4.69) is 16.8 Å². The number of aromatic nitrogens is 1. The fourth-order valence-electron chi connectivity index (χ4n) is 2.51. The van der Waals surface area contributed by atoms with Gasteiger partial charge in [-0.25, -0.2) is 0 Å². The summed E-state index contributed by atoms with van der Waals surface area (Å²) in [6.07, 6.45) is 2.02. The zero-order chi connectivity index (χ0) is 14.5. The fourth-order valence-corrected chi connectivity index (χ4v) is 2.51. The van der Waals surface area contributed by atoms with Crippen molar-refractivity contribution >= 4 is 5.91 Å². The molecule has 1 saturated heterocycles. The van der Waals surface area contributed by atoms with Crippen LogP contribution in [0.25, 0.3) is 0 Å². The monoisotopic (exact) mass is 276 g/mol. The lowest BCUT2D eigenvalue weighted by atomic mass is 10.2. The Hall–Kier alpha value is -1.84. The molecule has 2 heterocycles. The van der Waals surface area contributed by atoms with Crippen LogP contribution in [0.5, 0.6) is 0 Å². The van der Waals surface area contributed by atoms with E-state index in [-0.39, 0.29) is 5.91 Å². The molecule has 1 aromatic rings. The van der Waals surface area contributed by atoms with Crippen LogP contribution in [0.15, 0.2) is 12.3 Å². The lowest BCUT2D eigenvalue weighted by Crippen LogP contribution is -2.37. The van der Waals surface area contributed by atoms with Gasteiger partial charge in [0.1, 0.15) is 11.8 Å². The Morgan fingerprint density at radius 3 is 3.00 bits per heavy atom. The van der Waals surface area contributed by atoms with Gasteiger partial charge >= 0.3 is 0 Å². The zero-order valence-corrected chi connectivity index (χ0v) is 11.7. The number of amides is 1. The summed E-state index contributed by atoms with van der Waals surface area (Å²) < 4.78 is 0. The topological polar surface area (TPSA) is 83.4 Å². The highest BCUT2D eigenvalue weighted by molar-refractivity contribution is 5.93. The summed E-state index contributed by atoms with van der Waals surface area (Å²) in [5.41, 5.74) is 0.842. The maximum absolute atomic E-state index is 12.3.